The van der Waals surface area contributed by atoms with Crippen molar-refractivity contribution in [2.24, 2.45) is 0 Å². The predicted octanol–water partition coefficient (Wildman–Crippen LogP) is 4.46. The molecule has 0 spiro atoms. The van der Waals surface area contributed by atoms with Gasteiger partial charge in [0.15, 0.2) is 17.8 Å². The summed E-state index contributed by atoms with van der Waals surface area (Å²) in [4.78, 5) is 51.2. The second-order valence-electron chi connectivity index (χ2n) is 9.99. The third kappa shape index (κ3) is 6.21. The molecule has 4 rings (SSSR count). The molecule has 40 heavy (non-hydrogen) atoms. The number of carboxylic acid groups (broad SMARTS) is 1. The van der Waals surface area contributed by atoms with Crippen LogP contribution in [0.15, 0.2) is 72.8 Å². The molecule has 0 aliphatic carbocycles. The Bertz CT molecular complexity index is 1390. The average molecular weight is 547 g/mol. The fourth-order valence-corrected chi connectivity index (χ4v) is 4.39. The number of benzene rings is 3. The minimum Gasteiger partial charge on any atom is -0.479 e. The summed E-state index contributed by atoms with van der Waals surface area (Å²) in [5.74, 6) is -3.73. The van der Waals surface area contributed by atoms with Crippen LogP contribution in [0, 0.1) is 20.8 Å². The fourth-order valence-electron chi connectivity index (χ4n) is 4.39. The SMILES string of the molecule is Cc1ccc(C(=O)OCC2OC(C(=O)O)[C@](C)(OC(=O)c3ccc(C)cc3)[C@@H]2OC(=O)c2ccc(C)cc2)cc1. The van der Waals surface area contributed by atoms with Crippen LogP contribution in [0.4, 0.5) is 0 Å². The molecule has 0 bridgehead atoms. The van der Waals surface area contributed by atoms with Crippen molar-refractivity contribution in [1.29, 1.82) is 0 Å². The lowest BCUT2D eigenvalue weighted by Gasteiger charge is -2.33. The number of esters is 3. The molecule has 3 aromatic rings. The number of carbonyl (C=O) groups excluding carboxylic acids is 3. The van der Waals surface area contributed by atoms with Crippen LogP contribution in [-0.4, -0.2) is 59.5 Å². The molecule has 0 amide bonds. The molecule has 2 unspecified atom stereocenters. The van der Waals surface area contributed by atoms with E-state index in [1.807, 2.05) is 20.8 Å². The van der Waals surface area contributed by atoms with Crippen LogP contribution in [0.25, 0.3) is 0 Å². The summed E-state index contributed by atoms with van der Waals surface area (Å²) in [7, 11) is 0. The maximum Gasteiger partial charge on any atom is 0.338 e. The Morgan fingerprint density at radius 2 is 1.15 bits per heavy atom. The first-order valence-electron chi connectivity index (χ1n) is 12.7. The largest absolute Gasteiger partial charge is 0.479 e. The highest BCUT2D eigenvalue weighted by molar-refractivity contribution is 5.92. The molecule has 4 atom stereocenters. The molecule has 9 nitrogen and oxygen atoms in total. The van der Waals surface area contributed by atoms with Crippen molar-refractivity contribution in [3.05, 3.63) is 106 Å². The molecule has 0 saturated carbocycles. The molecule has 1 heterocycles. The third-order valence-electron chi connectivity index (χ3n) is 6.75. The first kappa shape index (κ1) is 28.5. The molecule has 1 aliphatic rings. The average Bonchev–Trinajstić information content (AvgIpc) is 3.19. The molecule has 0 radical (unpaired) electrons. The van der Waals surface area contributed by atoms with Crippen molar-refractivity contribution in [3.8, 4) is 0 Å². The van der Waals surface area contributed by atoms with Crippen LogP contribution in [-0.2, 0) is 23.7 Å². The number of hydrogen-bond acceptors (Lipinski definition) is 8. The van der Waals surface area contributed by atoms with Crippen LogP contribution in [0.3, 0.4) is 0 Å². The lowest BCUT2D eigenvalue weighted by atomic mass is 9.91. The van der Waals surface area contributed by atoms with E-state index in [0.29, 0.717) is 0 Å². The van der Waals surface area contributed by atoms with Gasteiger partial charge in [0.05, 0.1) is 16.7 Å². The van der Waals surface area contributed by atoms with Crippen LogP contribution >= 0.6 is 0 Å². The molecule has 1 N–H and O–H groups in total. The monoisotopic (exact) mass is 546 g/mol. The van der Waals surface area contributed by atoms with E-state index in [4.69, 9.17) is 18.9 Å². The topological polar surface area (TPSA) is 125 Å². The molecule has 1 saturated heterocycles. The van der Waals surface area contributed by atoms with E-state index in [1.165, 1.54) is 6.92 Å². The molecule has 3 aromatic carbocycles. The zero-order valence-electron chi connectivity index (χ0n) is 22.6. The van der Waals surface area contributed by atoms with Gasteiger partial charge in [-0.05, 0) is 64.1 Å². The second-order valence-corrected chi connectivity index (χ2v) is 9.99. The number of carboxylic acids is 1. The maximum absolute atomic E-state index is 13.1. The van der Waals surface area contributed by atoms with Crippen LogP contribution in [0.5, 0.6) is 0 Å². The first-order chi connectivity index (χ1) is 19.0. The lowest BCUT2D eigenvalue weighted by Crippen LogP contribution is -2.54. The second kappa shape index (κ2) is 11.7. The molecular weight excluding hydrogens is 516 g/mol. The van der Waals surface area contributed by atoms with Gasteiger partial charge in [0.2, 0.25) is 0 Å². The number of aliphatic carboxylic acids is 1. The van der Waals surface area contributed by atoms with Crippen molar-refractivity contribution in [2.75, 3.05) is 6.61 Å². The summed E-state index contributed by atoms with van der Waals surface area (Å²) in [6, 6.07) is 19.7. The molecule has 208 valence electrons. The molecule has 9 heteroatoms. The molecule has 1 aliphatic heterocycles. The van der Waals surface area contributed by atoms with Gasteiger partial charge in [0.25, 0.3) is 0 Å². The van der Waals surface area contributed by atoms with Crippen LogP contribution in [0.2, 0.25) is 0 Å². The first-order valence-corrected chi connectivity index (χ1v) is 12.7. The van der Waals surface area contributed by atoms with E-state index in [0.717, 1.165) is 16.7 Å². The van der Waals surface area contributed by atoms with Gasteiger partial charge in [0, 0.05) is 0 Å². The summed E-state index contributed by atoms with van der Waals surface area (Å²) in [6.45, 7) is 6.45. The number of aryl methyl sites for hydroxylation is 3. The van der Waals surface area contributed by atoms with Gasteiger partial charge in [-0.1, -0.05) is 53.1 Å². The van der Waals surface area contributed by atoms with Gasteiger partial charge < -0.3 is 24.1 Å². The summed E-state index contributed by atoms with van der Waals surface area (Å²) in [5.41, 5.74) is 1.48. The van der Waals surface area contributed by atoms with Gasteiger partial charge in [-0.15, -0.1) is 0 Å². The minimum atomic E-state index is -1.96. The van der Waals surface area contributed by atoms with Crippen molar-refractivity contribution >= 4 is 23.9 Å². The third-order valence-corrected chi connectivity index (χ3v) is 6.75. The van der Waals surface area contributed by atoms with E-state index in [9.17, 15) is 24.3 Å². The Kier molecular flexibility index (Phi) is 8.35. The van der Waals surface area contributed by atoms with Gasteiger partial charge >= 0.3 is 23.9 Å². The van der Waals surface area contributed by atoms with Crippen molar-refractivity contribution in [2.45, 2.75) is 51.6 Å². The Labute approximate surface area is 231 Å². The number of hydrogen-bond donors (Lipinski definition) is 1. The van der Waals surface area contributed by atoms with Crippen molar-refractivity contribution in [3.63, 3.8) is 0 Å². The van der Waals surface area contributed by atoms with Crippen molar-refractivity contribution in [1.82, 2.24) is 0 Å². The van der Waals surface area contributed by atoms with E-state index in [-0.39, 0.29) is 16.7 Å². The summed E-state index contributed by atoms with van der Waals surface area (Å²) < 4.78 is 22.7. The summed E-state index contributed by atoms with van der Waals surface area (Å²) >= 11 is 0. The predicted molar refractivity (Wildman–Crippen MR) is 143 cm³/mol. The minimum absolute atomic E-state index is 0.175. The Hall–Kier alpha value is -4.50. The molecular formula is C31H30O9. The van der Waals surface area contributed by atoms with E-state index < -0.39 is 54.4 Å². The van der Waals surface area contributed by atoms with Gasteiger partial charge in [-0.3, -0.25) is 0 Å². The number of rotatable bonds is 8. The summed E-state index contributed by atoms with van der Waals surface area (Å²) in [6.07, 6.45) is -4.40. The Morgan fingerprint density at radius 3 is 1.60 bits per heavy atom. The quantitative estimate of drug-likeness (QED) is 0.322. The summed E-state index contributed by atoms with van der Waals surface area (Å²) in [5, 5.41) is 10.0. The van der Waals surface area contributed by atoms with E-state index >= 15 is 0 Å². The van der Waals surface area contributed by atoms with Crippen molar-refractivity contribution < 1.29 is 43.2 Å². The molecule has 1 fully saturated rings. The van der Waals surface area contributed by atoms with Crippen LogP contribution < -0.4 is 0 Å². The highest BCUT2D eigenvalue weighted by atomic mass is 16.7. The van der Waals surface area contributed by atoms with Gasteiger partial charge in [-0.2, -0.15) is 0 Å². The lowest BCUT2D eigenvalue weighted by molar-refractivity contribution is -0.160. The normalized spacial score (nSPS) is 21.9. The van der Waals surface area contributed by atoms with Crippen LogP contribution in [0.1, 0.15) is 54.7 Å². The highest BCUT2D eigenvalue weighted by Crippen LogP contribution is 2.38. The zero-order valence-corrected chi connectivity index (χ0v) is 22.6. The van der Waals surface area contributed by atoms with Gasteiger partial charge in [0.1, 0.15) is 12.7 Å². The smallest absolute Gasteiger partial charge is 0.338 e. The highest BCUT2D eigenvalue weighted by Gasteiger charge is 2.62. The molecule has 0 aromatic heterocycles. The zero-order chi connectivity index (χ0) is 29.0. The Morgan fingerprint density at radius 1 is 0.725 bits per heavy atom. The van der Waals surface area contributed by atoms with Gasteiger partial charge in [-0.25, -0.2) is 19.2 Å². The standard InChI is InChI=1S/C31H30O9/c1-18-5-11-21(12-6-18)28(34)37-17-24-25(39-29(35)22-13-7-19(2)8-14-22)31(4,26(38-24)27(32)33)40-30(36)23-15-9-20(3)10-16-23/h5-16,24-26H,17H2,1-4H3,(H,32,33)/t24?,25-,26?,31-/m1/s1. The van der Waals surface area contributed by atoms with E-state index in [2.05, 4.69) is 0 Å². The maximum atomic E-state index is 13.1. The fraction of sp³-hybridized carbons (Fsp3) is 0.290. The van der Waals surface area contributed by atoms with E-state index in [1.54, 1.807) is 72.8 Å². The Balaban J connectivity index is 1.64. The number of ether oxygens (including phenoxy) is 4. The number of carbonyl (C=O) groups is 4.